The van der Waals surface area contributed by atoms with Crippen molar-refractivity contribution >= 4 is 29.2 Å². The van der Waals surface area contributed by atoms with E-state index >= 15 is 0 Å². The average Bonchev–Trinajstić information content (AvgIpc) is 2.87. The molecule has 1 amide bonds. The molecule has 0 aromatic heterocycles. The fourth-order valence-electron chi connectivity index (χ4n) is 2.40. The molecule has 21 heavy (non-hydrogen) atoms. The first kappa shape index (κ1) is 15.2. The Morgan fingerprint density at radius 1 is 1.38 bits per heavy atom. The summed E-state index contributed by atoms with van der Waals surface area (Å²) in [6, 6.07) is 3.58. The molecule has 7 nitrogen and oxygen atoms in total. The van der Waals surface area contributed by atoms with Gasteiger partial charge in [-0.1, -0.05) is 11.6 Å². The van der Waals surface area contributed by atoms with Gasteiger partial charge in [0.15, 0.2) is 0 Å². The van der Waals surface area contributed by atoms with Crippen LogP contribution in [0.1, 0.15) is 29.6 Å². The molecule has 1 aliphatic rings. The topological polar surface area (TPSA) is 110 Å². The second-order valence-corrected chi connectivity index (χ2v) is 5.35. The van der Waals surface area contributed by atoms with Gasteiger partial charge >= 0.3 is 5.97 Å². The minimum absolute atomic E-state index is 0.0386. The molecule has 0 heterocycles. The maximum Gasteiger partial charge on any atom is 0.306 e. The van der Waals surface area contributed by atoms with Crippen LogP contribution in [0.25, 0.3) is 0 Å². The number of nitrogens with one attached hydrogen (secondary N) is 1. The van der Waals surface area contributed by atoms with Gasteiger partial charge in [0.2, 0.25) is 0 Å². The van der Waals surface area contributed by atoms with Crippen molar-refractivity contribution in [1.82, 2.24) is 5.32 Å². The van der Waals surface area contributed by atoms with E-state index in [4.69, 9.17) is 16.7 Å². The van der Waals surface area contributed by atoms with Crippen LogP contribution < -0.4 is 5.32 Å². The highest BCUT2D eigenvalue weighted by Gasteiger charge is 2.30. The van der Waals surface area contributed by atoms with Gasteiger partial charge in [0, 0.05) is 17.7 Å². The predicted octanol–water partition coefficient (Wildman–Crippen LogP) is 2.23. The number of carboxylic acid groups (broad SMARTS) is 1. The van der Waals surface area contributed by atoms with E-state index in [0.29, 0.717) is 19.3 Å². The number of carbonyl (C=O) groups excluding carboxylic acids is 1. The van der Waals surface area contributed by atoms with Crippen molar-refractivity contribution in [3.63, 3.8) is 0 Å². The highest BCUT2D eigenvalue weighted by atomic mass is 35.5. The smallest absolute Gasteiger partial charge is 0.306 e. The summed E-state index contributed by atoms with van der Waals surface area (Å²) in [5.74, 6) is -1.78. The van der Waals surface area contributed by atoms with Crippen molar-refractivity contribution in [3.05, 3.63) is 38.9 Å². The van der Waals surface area contributed by atoms with E-state index in [9.17, 15) is 19.7 Å². The summed E-state index contributed by atoms with van der Waals surface area (Å²) in [4.78, 5) is 33.0. The van der Waals surface area contributed by atoms with E-state index in [2.05, 4.69) is 5.32 Å². The van der Waals surface area contributed by atoms with Crippen LogP contribution in [0.3, 0.4) is 0 Å². The Labute approximate surface area is 125 Å². The molecular weight excluding hydrogens is 300 g/mol. The molecule has 0 radical (unpaired) electrons. The number of nitro benzene ring substituents is 1. The normalized spacial score (nSPS) is 21.0. The summed E-state index contributed by atoms with van der Waals surface area (Å²) < 4.78 is 0. The number of hydrogen-bond donors (Lipinski definition) is 2. The van der Waals surface area contributed by atoms with Gasteiger partial charge in [-0.25, -0.2) is 0 Å². The molecule has 1 aliphatic carbocycles. The van der Waals surface area contributed by atoms with Gasteiger partial charge in [-0.05, 0) is 31.4 Å². The van der Waals surface area contributed by atoms with Crippen molar-refractivity contribution in [2.45, 2.75) is 25.3 Å². The predicted molar refractivity (Wildman–Crippen MR) is 74.3 cm³/mol. The van der Waals surface area contributed by atoms with E-state index in [-0.39, 0.29) is 22.3 Å². The number of carbonyl (C=O) groups is 2. The summed E-state index contributed by atoms with van der Waals surface area (Å²) in [5.41, 5.74) is -0.205. The zero-order valence-electron chi connectivity index (χ0n) is 10.9. The average molecular weight is 313 g/mol. The van der Waals surface area contributed by atoms with Crippen LogP contribution in [0.15, 0.2) is 18.2 Å². The maximum atomic E-state index is 12.0. The standard InChI is InChI=1S/C13H13ClN2O5/c14-10-4-2-7(6-11(10)16(20)21)12(17)15-9-3-1-8(5-9)13(18)19/h2,4,6,8-9H,1,3,5H2,(H,15,17)(H,18,19). The second kappa shape index (κ2) is 6.09. The van der Waals surface area contributed by atoms with E-state index < -0.39 is 22.7 Å². The first-order chi connectivity index (χ1) is 9.88. The van der Waals surface area contributed by atoms with Gasteiger partial charge in [-0.2, -0.15) is 0 Å². The van der Waals surface area contributed by atoms with Crippen molar-refractivity contribution in [2.75, 3.05) is 0 Å². The zero-order chi connectivity index (χ0) is 15.6. The van der Waals surface area contributed by atoms with Gasteiger partial charge in [0.05, 0.1) is 10.8 Å². The molecule has 0 bridgehead atoms. The quantitative estimate of drug-likeness (QED) is 0.654. The van der Waals surface area contributed by atoms with E-state index in [1.54, 1.807) is 0 Å². The SMILES string of the molecule is O=C(NC1CCC(C(=O)O)C1)c1ccc(Cl)c([N+](=O)[O-])c1. The number of nitro groups is 1. The van der Waals surface area contributed by atoms with Crippen LogP contribution in [-0.2, 0) is 4.79 Å². The molecule has 112 valence electrons. The molecule has 1 saturated carbocycles. The lowest BCUT2D eigenvalue weighted by molar-refractivity contribution is -0.384. The zero-order valence-corrected chi connectivity index (χ0v) is 11.7. The fourth-order valence-corrected chi connectivity index (χ4v) is 2.59. The summed E-state index contributed by atoms with van der Waals surface area (Å²) in [6.07, 6.45) is 1.47. The molecule has 2 N–H and O–H groups in total. The van der Waals surface area contributed by atoms with Gasteiger partial charge in [0.1, 0.15) is 5.02 Å². The molecule has 1 aromatic carbocycles. The molecular formula is C13H13ClN2O5. The van der Waals surface area contributed by atoms with Crippen molar-refractivity contribution in [2.24, 2.45) is 5.92 Å². The number of carboxylic acids is 1. The molecule has 0 aliphatic heterocycles. The van der Waals surface area contributed by atoms with Crippen LogP contribution in [0.4, 0.5) is 5.69 Å². The lowest BCUT2D eigenvalue weighted by Crippen LogP contribution is -2.33. The first-order valence-electron chi connectivity index (χ1n) is 6.36. The van der Waals surface area contributed by atoms with Crippen molar-refractivity contribution in [1.29, 1.82) is 0 Å². The summed E-state index contributed by atoms with van der Waals surface area (Å²) in [5, 5.41) is 22.4. The molecule has 1 fully saturated rings. The van der Waals surface area contributed by atoms with Gasteiger partial charge < -0.3 is 10.4 Å². The van der Waals surface area contributed by atoms with Gasteiger partial charge in [0.25, 0.3) is 11.6 Å². The van der Waals surface area contributed by atoms with Crippen LogP contribution in [0.5, 0.6) is 0 Å². The number of aliphatic carboxylic acids is 1. The van der Waals surface area contributed by atoms with E-state index in [0.717, 1.165) is 6.07 Å². The number of hydrogen-bond acceptors (Lipinski definition) is 4. The molecule has 1 aromatic rings. The van der Waals surface area contributed by atoms with Gasteiger partial charge in [-0.15, -0.1) is 0 Å². The summed E-state index contributed by atoms with van der Waals surface area (Å²) in [7, 11) is 0. The Balaban J connectivity index is 2.06. The third kappa shape index (κ3) is 3.49. The maximum absolute atomic E-state index is 12.0. The minimum atomic E-state index is -0.867. The number of nitrogens with zero attached hydrogens (tertiary/aromatic N) is 1. The number of rotatable bonds is 4. The molecule has 8 heteroatoms. The fraction of sp³-hybridized carbons (Fsp3) is 0.385. The molecule has 0 saturated heterocycles. The molecule has 2 unspecified atom stereocenters. The second-order valence-electron chi connectivity index (χ2n) is 4.94. The van der Waals surface area contributed by atoms with E-state index in [1.807, 2.05) is 0 Å². The first-order valence-corrected chi connectivity index (χ1v) is 6.74. The van der Waals surface area contributed by atoms with Crippen LogP contribution in [0.2, 0.25) is 5.02 Å². The highest BCUT2D eigenvalue weighted by Crippen LogP contribution is 2.27. The van der Waals surface area contributed by atoms with Crippen LogP contribution in [-0.4, -0.2) is 27.9 Å². The van der Waals surface area contributed by atoms with Crippen LogP contribution >= 0.6 is 11.6 Å². The number of benzene rings is 1. The lowest BCUT2D eigenvalue weighted by atomic mass is 10.1. The Hall–Kier alpha value is -2.15. The third-order valence-corrected chi connectivity index (χ3v) is 3.84. The van der Waals surface area contributed by atoms with E-state index in [1.165, 1.54) is 12.1 Å². The highest BCUT2D eigenvalue weighted by molar-refractivity contribution is 6.32. The molecule has 2 rings (SSSR count). The molecule has 2 atom stereocenters. The monoisotopic (exact) mass is 312 g/mol. The van der Waals surface area contributed by atoms with Crippen molar-refractivity contribution < 1.29 is 19.6 Å². The Kier molecular flexibility index (Phi) is 4.42. The summed E-state index contributed by atoms with van der Waals surface area (Å²) >= 11 is 5.68. The number of amides is 1. The van der Waals surface area contributed by atoms with Gasteiger partial charge in [-0.3, -0.25) is 19.7 Å². The number of halogens is 1. The lowest BCUT2D eigenvalue weighted by Gasteiger charge is -2.12. The Morgan fingerprint density at radius 3 is 2.67 bits per heavy atom. The molecule has 0 spiro atoms. The minimum Gasteiger partial charge on any atom is -0.481 e. The Morgan fingerprint density at radius 2 is 2.10 bits per heavy atom. The Bertz CT molecular complexity index is 604. The summed E-state index contributed by atoms with van der Waals surface area (Å²) in [6.45, 7) is 0. The van der Waals surface area contributed by atoms with Crippen molar-refractivity contribution in [3.8, 4) is 0 Å². The largest absolute Gasteiger partial charge is 0.481 e. The van der Waals surface area contributed by atoms with Crippen LogP contribution in [0, 0.1) is 16.0 Å². The third-order valence-electron chi connectivity index (χ3n) is 3.52.